The fourth-order valence-corrected chi connectivity index (χ4v) is 2.47. The molecule has 0 aromatic carbocycles. The number of rotatable bonds is 6. The smallest absolute Gasteiger partial charge is 0.0223 e. The molecule has 1 heterocycles. The zero-order valence-electron chi connectivity index (χ0n) is 10.6. The molecule has 0 saturated carbocycles. The molecule has 0 aromatic heterocycles. The Morgan fingerprint density at radius 2 is 2.20 bits per heavy atom. The Kier molecular flexibility index (Phi) is 5.58. The van der Waals surface area contributed by atoms with Crippen LogP contribution in [0.15, 0.2) is 0 Å². The third kappa shape index (κ3) is 4.09. The lowest BCUT2D eigenvalue weighted by Gasteiger charge is -2.29. The number of nitrogens with zero attached hydrogens (tertiary/aromatic N) is 2. The van der Waals surface area contributed by atoms with Gasteiger partial charge in [0.15, 0.2) is 0 Å². The average Bonchev–Trinajstić information content (AvgIpc) is 2.61. The van der Waals surface area contributed by atoms with Crippen LogP contribution in [0.25, 0.3) is 0 Å². The molecule has 1 saturated heterocycles. The van der Waals surface area contributed by atoms with Crippen molar-refractivity contribution < 1.29 is 0 Å². The van der Waals surface area contributed by atoms with Gasteiger partial charge in [-0.1, -0.05) is 13.3 Å². The zero-order chi connectivity index (χ0) is 11.3. The second-order valence-corrected chi connectivity index (χ2v) is 5.06. The Bertz CT molecular complexity index is 166. The van der Waals surface area contributed by atoms with Gasteiger partial charge in [0.05, 0.1) is 0 Å². The zero-order valence-corrected chi connectivity index (χ0v) is 10.6. The SMILES string of the molecule is CCC(CN)CN1CCCC1CN(C)C. The Morgan fingerprint density at radius 3 is 2.73 bits per heavy atom. The lowest BCUT2D eigenvalue weighted by atomic mass is 10.1. The van der Waals surface area contributed by atoms with Crippen molar-refractivity contribution in [3.63, 3.8) is 0 Å². The molecule has 0 aromatic rings. The summed E-state index contributed by atoms with van der Waals surface area (Å²) in [6, 6.07) is 0.764. The van der Waals surface area contributed by atoms with E-state index in [2.05, 4.69) is 30.8 Å². The van der Waals surface area contributed by atoms with E-state index in [1.807, 2.05) is 0 Å². The van der Waals surface area contributed by atoms with Crippen LogP contribution in [0.3, 0.4) is 0 Å². The molecule has 1 fully saturated rings. The van der Waals surface area contributed by atoms with Gasteiger partial charge in [-0.2, -0.15) is 0 Å². The van der Waals surface area contributed by atoms with E-state index >= 15 is 0 Å². The first-order chi connectivity index (χ1) is 7.17. The Morgan fingerprint density at radius 1 is 1.47 bits per heavy atom. The quantitative estimate of drug-likeness (QED) is 0.714. The summed E-state index contributed by atoms with van der Waals surface area (Å²) in [4.78, 5) is 4.94. The fraction of sp³-hybridized carbons (Fsp3) is 1.00. The summed E-state index contributed by atoms with van der Waals surface area (Å²) in [6.07, 6.45) is 3.93. The van der Waals surface area contributed by atoms with Crippen LogP contribution in [-0.2, 0) is 0 Å². The first-order valence-corrected chi connectivity index (χ1v) is 6.26. The van der Waals surface area contributed by atoms with Gasteiger partial charge in [0.25, 0.3) is 0 Å². The number of nitrogens with two attached hydrogens (primary N) is 1. The molecule has 2 N–H and O–H groups in total. The van der Waals surface area contributed by atoms with Crippen molar-refractivity contribution in [3.8, 4) is 0 Å². The standard InChI is InChI=1S/C12H27N3/c1-4-11(8-13)9-15-7-5-6-12(15)10-14(2)3/h11-12H,4-10,13H2,1-3H3. The summed E-state index contributed by atoms with van der Waals surface area (Å²) in [5.41, 5.74) is 5.77. The maximum Gasteiger partial charge on any atom is 0.0223 e. The van der Waals surface area contributed by atoms with Gasteiger partial charge in [0.1, 0.15) is 0 Å². The van der Waals surface area contributed by atoms with E-state index in [1.165, 1.54) is 38.9 Å². The maximum atomic E-state index is 5.77. The second kappa shape index (κ2) is 6.46. The van der Waals surface area contributed by atoms with Gasteiger partial charge >= 0.3 is 0 Å². The number of hydrogen-bond donors (Lipinski definition) is 1. The summed E-state index contributed by atoms with van der Waals surface area (Å²) in [5, 5.41) is 0. The summed E-state index contributed by atoms with van der Waals surface area (Å²) >= 11 is 0. The van der Waals surface area contributed by atoms with Crippen LogP contribution < -0.4 is 5.73 Å². The monoisotopic (exact) mass is 213 g/mol. The Balaban J connectivity index is 2.38. The molecule has 1 aliphatic heterocycles. The van der Waals surface area contributed by atoms with Crippen LogP contribution in [0.1, 0.15) is 26.2 Å². The highest BCUT2D eigenvalue weighted by molar-refractivity contribution is 4.82. The maximum absolute atomic E-state index is 5.77. The minimum absolute atomic E-state index is 0.688. The molecular weight excluding hydrogens is 186 g/mol. The van der Waals surface area contributed by atoms with Crippen molar-refractivity contribution in [2.24, 2.45) is 11.7 Å². The molecule has 2 atom stereocenters. The van der Waals surface area contributed by atoms with Gasteiger partial charge in [0, 0.05) is 19.1 Å². The summed E-state index contributed by atoms with van der Waals surface area (Å²) < 4.78 is 0. The van der Waals surface area contributed by atoms with Gasteiger partial charge in [-0.3, -0.25) is 4.90 Å². The minimum atomic E-state index is 0.688. The van der Waals surface area contributed by atoms with Crippen LogP contribution in [0.4, 0.5) is 0 Å². The van der Waals surface area contributed by atoms with Gasteiger partial charge in [-0.25, -0.2) is 0 Å². The lowest BCUT2D eigenvalue weighted by molar-refractivity contribution is 0.181. The first kappa shape index (κ1) is 12.9. The molecule has 90 valence electrons. The number of likely N-dealkylation sites (N-methyl/N-ethyl adjacent to an activating group) is 1. The molecule has 0 bridgehead atoms. The second-order valence-electron chi connectivity index (χ2n) is 5.06. The summed E-state index contributed by atoms with van der Waals surface area (Å²) in [5.74, 6) is 0.688. The molecule has 0 spiro atoms. The molecule has 0 aliphatic carbocycles. The van der Waals surface area contributed by atoms with E-state index in [1.54, 1.807) is 0 Å². The third-order valence-electron chi connectivity index (χ3n) is 3.48. The molecule has 0 radical (unpaired) electrons. The van der Waals surface area contributed by atoms with Gasteiger partial charge in [-0.05, 0) is 45.9 Å². The van der Waals surface area contributed by atoms with Crippen LogP contribution in [0.2, 0.25) is 0 Å². The predicted octanol–water partition coefficient (Wildman–Crippen LogP) is 0.997. The molecule has 1 rings (SSSR count). The number of likely N-dealkylation sites (tertiary alicyclic amines) is 1. The van der Waals surface area contributed by atoms with Crippen LogP contribution in [0.5, 0.6) is 0 Å². The van der Waals surface area contributed by atoms with Crippen LogP contribution in [-0.4, -0.2) is 56.1 Å². The molecule has 15 heavy (non-hydrogen) atoms. The van der Waals surface area contributed by atoms with Crippen molar-refractivity contribution in [1.29, 1.82) is 0 Å². The van der Waals surface area contributed by atoms with Crippen molar-refractivity contribution in [1.82, 2.24) is 9.80 Å². The molecule has 2 unspecified atom stereocenters. The Labute approximate surface area is 94.6 Å². The van der Waals surface area contributed by atoms with Crippen molar-refractivity contribution >= 4 is 0 Å². The first-order valence-electron chi connectivity index (χ1n) is 6.26. The van der Waals surface area contributed by atoms with E-state index in [0.717, 1.165) is 12.6 Å². The van der Waals surface area contributed by atoms with E-state index in [0.29, 0.717) is 5.92 Å². The topological polar surface area (TPSA) is 32.5 Å². The van der Waals surface area contributed by atoms with Crippen molar-refractivity contribution in [2.45, 2.75) is 32.2 Å². The highest BCUT2D eigenvalue weighted by Crippen LogP contribution is 2.19. The highest BCUT2D eigenvalue weighted by atomic mass is 15.2. The van der Waals surface area contributed by atoms with Crippen molar-refractivity contribution in [3.05, 3.63) is 0 Å². The minimum Gasteiger partial charge on any atom is -0.330 e. The molecule has 1 aliphatic rings. The van der Waals surface area contributed by atoms with Gasteiger partial charge < -0.3 is 10.6 Å². The van der Waals surface area contributed by atoms with Gasteiger partial charge in [-0.15, -0.1) is 0 Å². The molecule has 3 heteroatoms. The predicted molar refractivity (Wildman–Crippen MR) is 66.0 cm³/mol. The summed E-state index contributed by atoms with van der Waals surface area (Å²) in [7, 11) is 4.33. The van der Waals surface area contributed by atoms with E-state index in [4.69, 9.17) is 5.73 Å². The van der Waals surface area contributed by atoms with E-state index < -0.39 is 0 Å². The average molecular weight is 213 g/mol. The number of hydrogen-bond acceptors (Lipinski definition) is 3. The molecular formula is C12H27N3. The largest absolute Gasteiger partial charge is 0.330 e. The molecule has 3 nitrogen and oxygen atoms in total. The lowest BCUT2D eigenvalue weighted by Crippen LogP contribution is -2.41. The fourth-order valence-electron chi connectivity index (χ4n) is 2.47. The van der Waals surface area contributed by atoms with E-state index in [9.17, 15) is 0 Å². The molecule has 0 amide bonds. The van der Waals surface area contributed by atoms with E-state index in [-0.39, 0.29) is 0 Å². The van der Waals surface area contributed by atoms with Gasteiger partial charge in [0.2, 0.25) is 0 Å². The van der Waals surface area contributed by atoms with Crippen LogP contribution >= 0.6 is 0 Å². The van der Waals surface area contributed by atoms with Crippen LogP contribution in [0, 0.1) is 5.92 Å². The Hall–Kier alpha value is -0.120. The summed E-state index contributed by atoms with van der Waals surface area (Å²) in [6.45, 7) is 6.75. The van der Waals surface area contributed by atoms with Crippen molar-refractivity contribution in [2.75, 3.05) is 40.3 Å². The normalized spacial score (nSPS) is 25.0. The third-order valence-corrected chi connectivity index (χ3v) is 3.48. The highest BCUT2D eigenvalue weighted by Gasteiger charge is 2.26.